The minimum absolute atomic E-state index is 0.0290. The van der Waals surface area contributed by atoms with Crippen LogP contribution >= 0.6 is 0 Å². The molecule has 0 saturated heterocycles. The molecule has 0 aliphatic heterocycles. The summed E-state index contributed by atoms with van der Waals surface area (Å²) in [6.07, 6.45) is 0. The number of aliphatic hydroxyl groups is 1. The topological polar surface area (TPSA) is 109 Å². The molecular weight excluding hydrogens is 338 g/mol. The maximum Gasteiger partial charge on any atom is 0.340 e. The highest BCUT2D eigenvalue weighted by molar-refractivity contribution is 5.95. The van der Waals surface area contributed by atoms with E-state index in [-0.39, 0.29) is 24.5 Å². The smallest absolute Gasteiger partial charge is 0.340 e. The minimum atomic E-state index is -0.598. The van der Waals surface area contributed by atoms with Gasteiger partial charge in [0, 0.05) is 35.3 Å². The zero-order chi connectivity index (χ0) is 18.5. The van der Waals surface area contributed by atoms with E-state index in [1.807, 2.05) is 0 Å². The third-order valence-electron chi connectivity index (χ3n) is 3.75. The van der Waals surface area contributed by atoms with Crippen molar-refractivity contribution in [1.82, 2.24) is 0 Å². The first kappa shape index (κ1) is 17.5. The maximum absolute atomic E-state index is 12.4. The Morgan fingerprint density at radius 3 is 2.77 bits per heavy atom. The van der Waals surface area contributed by atoms with E-state index in [2.05, 4.69) is 5.32 Å². The fourth-order valence-corrected chi connectivity index (χ4v) is 2.56. The highest BCUT2D eigenvalue weighted by Gasteiger charge is 2.14. The van der Waals surface area contributed by atoms with Crippen molar-refractivity contribution < 1.29 is 24.2 Å². The monoisotopic (exact) mass is 355 g/mol. The molecule has 26 heavy (non-hydrogen) atoms. The number of aliphatic hydroxyl groups excluding tert-OH is 1. The van der Waals surface area contributed by atoms with Crippen LogP contribution in [0.2, 0.25) is 0 Å². The number of carbonyl (C=O) groups is 1. The van der Waals surface area contributed by atoms with E-state index in [0.717, 1.165) is 0 Å². The lowest BCUT2D eigenvalue weighted by Gasteiger charge is -2.11. The van der Waals surface area contributed by atoms with Crippen molar-refractivity contribution in [3.05, 3.63) is 70.1 Å². The molecule has 0 aliphatic carbocycles. The number of nitrogens with one attached hydrogen (secondary N) is 1. The van der Waals surface area contributed by atoms with Gasteiger partial charge in [0.2, 0.25) is 0 Å². The number of benzene rings is 2. The number of aromatic hydroxyl groups is 1. The van der Waals surface area contributed by atoms with Crippen molar-refractivity contribution in [1.29, 1.82) is 0 Å². The van der Waals surface area contributed by atoms with Gasteiger partial charge in [0.05, 0.1) is 12.2 Å². The van der Waals surface area contributed by atoms with Gasteiger partial charge < -0.3 is 24.7 Å². The van der Waals surface area contributed by atoms with E-state index < -0.39 is 11.6 Å². The van der Waals surface area contributed by atoms with Crippen molar-refractivity contribution in [3.8, 4) is 5.75 Å². The molecule has 0 unspecified atom stereocenters. The molecule has 7 heteroatoms. The molecule has 3 rings (SSSR count). The molecule has 2 aromatic carbocycles. The molecule has 7 nitrogen and oxygen atoms in total. The van der Waals surface area contributed by atoms with Gasteiger partial charge >= 0.3 is 11.6 Å². The van der Waals surface area contributed by atoms with Gasteiger partial charge in [0.25, 0.3) is 0 Å². The summed E-state index contributed by atoms with van der Waals surface area (Å²) in [5.41, 5.74) is 0.970. The molecule has 0 aliphatic rings. The minimum Gasteiger partial charge on any atom is -0.508 e. The number of anilines is 1. The van der Waals surface area contributed by atoms with Crippen LogP contribution in [0.25, 0.3) is 11.0 Å². The van der Waals surface area contributed by atoms with E-state index in [4.69, 9.17) is 14.3 Å². The van der Waals surface area contributed by atoms with E-state index in [0.29, 0.717) is 28.7 Å². The van der Waals surface area contributed by atoms with E-state index in [9.17, 15) is 14.7 Å². The molecule has 3 N–H and O–H groups in total. The molecular formula is C19H17NO6. The van der Waals surface area contributed by atoms with Crippen molar-refractivity contribution >= 4 is 22.6 Å². The normalized spacial score (nSPS) is 10.7. The Hall–Kier alpha value is -3.32. The van der Waals surface area contributed by atoms with E-state index in [1.165, 1.54) is 18.2 Å². The zero-order valence-electron chi connectivity index (χ0n) is 13.8. The molecule has 1 aromatic heterocycles. The maximum atomic E-state index is 12.4. The van der Waals surface area contributed by atoms with Crippen LogP contribution < -0.4 is 10.9 Å². The van der Waals surface area contributed by atoms with Gasteiger partial charge in [0.1, 0.15) is 17.9 Å². The molecule has 0 spiro atoms. The Morgan fingerprint density at radius 1 is 1.15 bits per heavy atom. The highest BCUT2D eigenvalue weighted by atomic mass is 16.5. The molecule has 0 bridgehead atoms. The summed E-state index contributed by atoms with van der Waals surface area (Å²) in [7, 11) is 0. The average molecular weight is 355 g/mol. The Kier molecular flexibility index (Phi) is 5.19. The molecule has 3 aromatic rings. The SMILES string of the molecule is O=C(OCc1cc(=O)oc2cc(O)ccc12)c1ccccc1NCCO. The van der Waals surface area contributed by atoms with Crippen LogP contribution in [0.1, 0.15) is 15.9 Å². The van der Waals surface area contributed by atoms with Crippen LogP contribution in [-0.2, 0) is 11.3 Å². The summed E-state index contributed by atoms with van der Waals surface area (Å²) in [5, 5.41) is 21.9. The van der Waals surface area contributed by atoms with Gasteiger partial charge in [-0.05, 0) is 24.3 Å². The highest BCUT2D eigenvalue weighted by Crippen LogP contribution is 2.23. The van der Waals surface area contributed by atoms with Gasteiger partial charge in [0.15, 0.2) is 0 Å². The number of hydrogen-bond donors (Lipinski definition) is 3. The number of carbonyl (C=O) groups excluding carboxylic acids is 1. The standard InChI is InChI=1S/C19H17NO6/c21-8-7-20-16-4-2-1-3-15(16)19(24)25-11-12-9-18(23)26-17-10-13(22)5-6-14(12)17/h1-6,9-10,20-22H,7-8,11H2. The molecule has 0 saturated carbocycles. The summed E-state index contributed by atoms with van der Waals surface area (Å²) in [4.78, 5) is 24.1. The average Bonchev–Trinajstić information content (AvgIpc) is 2.63. The van der Waals surface area contributed by atoms with Gasteiger partial charge in [-0.3, -0.25) is 0 Å². The summed E-state index contributed by atoms with van der Waals surface area (Å²) in [6, 6.07) is 12.4. The number of esters is 1. The van der Waals surface area contributed by atoms with Gasteiger partial charge in [-0.15, -0.1) is 0 Å². The number of rotatable bonds is 6. The molecule has 0 amide bonds. The fraction of sp³-hybridized carbons (Fsp3) is 0.158. The first-order valence-electron chi connectivity index (χ1n) is 7.95. The number of phenols is 1. The summed E-state index contributed by atoms with van der Waals surface area (Å²) >= 11 is 0. The number of fused-ring (bicyclic) bond motifs is 1. The zero-order valence-corrected chi connectivity index (χ0v) is 13.8. The summed E-state index contributed by atoms with van der Waals surface area (Å²) in [5.74, 6) is -0.593. The van der Waals surface area contributed by atoms with Crippen LogP contribution in [0, 0.1) is 0 Å². The first-order chi connectivity index (χ1) is 12.6. The number of ether oxygens (including phenoxy) is 1. The lowest BCUT2D eigenvalue weighted by Crippen LogP contribution is -2.12. The Morgan fingerprint density at radius 2 is 1.96 bits per heavy atom. The second kappa shape index (κ2) is 7.71. The van der Waals surface area contributed by atoms with Crippen LogP contribution in [0.3, 0.4) is 0 Å². The van der Waals surface area contributed by atoms with Crippen molar-refractivity contribution in [3.63, 3.8) is 0 Å². The molecule has 134 valence electrons. The second-order valence-electron chi connectivity index (χ2n) is 5.54. The predicted octanol–water partition coefficient (Wildman–Crippen LogP) is 2.26. The first-order valence-corrected chi connectivity index (χ1v) is 7.95. The quantitative estimate of drug-likeness (QED) is 0.460. The van der Waals surface area contributed by atoms with Crippen LogP contribution in [0.4, 0.5) is 5.69 Å². The molecule has 0 fully saturated rings. The molecule has 0 atom stereocenters. The number of hydrogen-bond acceptors (Lipinski definition) is 7. The largest absolute Gasteiger partial charge is 0.508 e. The van der Waals surface area contributed by atoms with Crippen molar-refractivity contribution in [2.24, 2.45) is 0 Å². The van der Waals surface area contributed by atoms with Crippen molar-refractivity contribution in [2.45, 2.75) is 6.61 Å². The lowest BCUT2D eigenvalue weighted by atomic mass is 10.1. The Balaban J connectivity index is 1.83. The lowest BCUT2D eigenvalue weighted by molar-refractivity contribution is 0.0475. The van der Waals surface area contributed by atoms with Crippen LogP contribution in [0.5, 0.6) is 5.75 Å². The predicted molar refractivity (Wildman–Crippen MR) is 95.3 cm³/mol. The molecule has 0 radical (unpaired) electrons. The summed E-state index contributed by atoms with van der Waals surface area (Å²) < 4.78 is 10.4. The van der Waals surface area contributed by atoms with Gasteiger partial charge in [-0.1, -0.05) is 12.1 Å². The Bertz CT molecular complexity index is 995. The third-order valence-corrected chi connectivity index (χ3v) is 3.75. The number of para-hydroxylation sites is 1. The molecule has 1 heterocycles. The summed E-state index contributed by atoms with van der Waals surface area (Å²) in [6.45, 7) is 0.111. The van der Waals surface area contributed by atoms with E-state index in [1.54, 1.807) is 30.3 Å². The second-order valence-corrected chi connectivity index (χ2v) is 5.54. The van der Waals surface area contributed by atoms with Gasteiger partial charge in [-0.2, -0.15) is 0 Å². The van der Waals surface area contributed by atoms with Crippen LogP contribution in [0.15, 0.2) is 57.7 Å². The number of phenolic OH excluding ortho intramolecular Hbond substituents is 1. The van der Waals surface area contributed by atoms with Gasteiger partial charge in [-0.25, -0.2) is 9.59 Å². The fourth-order valence-electron chi connectivity index (χ4n) is 2.56. The Labute approximate surface area is 148 Å². The third kappa shape index (κ3) is 3.84. The van der Waals surface area contributed by atoms with E-state index >= 15 is 0 Å². The van der Waals surface area contributed by atoms with Crippen molar-refractivity contribution in [2.75, 3.05) is 18.5 Å². The van der Waals surface area contributed by atoms with Crippen LogP contribution in [-0.4, -0.2) is 29.3 Å².